The maximum absolute atomic E-state index is 12.5. The normalized spacial score (nSPS) is 12.1. The van der Waals surface area contributed by atoms with Crippen LogP contribution in [0.4, 0.5) is 5.69 Å². The minimum absolute atomic E-state index is 0.0254. The Hall–Kier alpha value is -2.97. The fourth-order valence-corrected chi connectivity index (χ4v) is 2.72. The zero-order valence-corrected chi connectivity index (χ0v) is 17.1. The van der Waals surface area contributed by atoms with Crippen molar-refractivity contribution in [3.05, 3.63) is 58.1 Å². The van der Waals surface area contributed by atoms with Crippen LogP contribution in [0, 0.1) is 18.3 Å². The smallest absolute Gasteiger partial charge is 0.266 e. The molecule has 0 fully saturated rings. The molecule has 1 unspecified atom stereocenters. The highest BCUT2D eigenvalue weighted by atomic mass is 35.5. The number of methoxy groups -OCH3 is 1. The van der Waals surface area contributed by atoms with Crippen molar-refractivity contribution in [2.75, 3.05) is 12.4 Å². The maximum atomic E-state index is 12.5. The molecule has 0 aliphatic carbocycles. The molecule has 1 N–H and O–H groups in total. The van der Waals surface area contributed by atoms with E-state index in [1.54, 1.807) is 18.2 Å². The summed E-state index contributed by atoms with van der Waals surface area (Å²) in [6.07, 6.45) is 2.26. The van der Waals surface area contributed by atoms with Gasteiger partial charge in [0.1, 0.15) is 11.6 Å². The minimum atomic E-state index is -0.497. The van der Waals surface area contributed by atoms with Crippen LogP contribution in [0.5, 0.6) is 11.5 Å². The third-order valence-corrected chi connectivity index (χ3v) is 4.38. The summed E-state index contributed by atoms with van der Waals surface area (Å²) >= 11 is 6.35. The molecule has 0 radical (unpaired) electrons. The molecular weight excluding hydrogens is 376 g/mol. The van der Waals surface area contributed by atoms with Crippen molar-refractivity contribution in [3.63, 3.8) is 0 Å². The zero-order valence-electron chi connectivity index (χ0n) is 16.4. The molecule has 5 nitrogen and oxygen atoms in total. The lowest BCUT2D eigenvalue weighted by atomic mass is 10.1. The number of ether oxygens (including phenoxy) is 2. The van der Waals surface area contributed by atoms with E-state index in [9.17, 15) is 10.1 Å². The van der Waals surface area contributed by atoms with Crippen LogP contribution in [0.2, 0.25) is 5.02 Å². The van der Waals surface area contributed by atoms with E-state index >= 15 is 0 Å². The molecule has 2 rings (SSSR count). The molecule has 2 aromatic carbocycles. The number of hydrogen-bond donors (Lipinski definition) is 1. The molecule has 146 valence electrons. The Kier molecular flexibility index (Phi) is 7.48. The van der Waals surface area contributed by atoms with Gasteiger partial charge in [-0.15, -0.1) is 0 Å². The van der Waals surface area contributed by atoms with E-state index < -0.39 is 5.91 Å². The van der Waals surface area contributed by atoms with Crippen LogP contribution >= 0.6 is 11.6 Å². The SMILES string of the molecule is CCC(C)Oc1c(Cl)cc(/C=C(/C#N)C(=O)Nc2cccc(C)c2)cc1OC. The fraction of sp³-hybridized carbons (Fsp3) is 0.273. The Bertz CT molecular complexity index is 932. The molecule has 2 aromatic rings. The number of nitrogens with zero attached hydrogens (tertiary/aromatic N) is 1. The van der Waals surface area contributed by atoms with Gasteiger partial charge in [-0.3, -0.25) is 4.79 Å². The van der Waals surface area contributed by atoms with Crippen LogP contribution in [-0.4, -0.2) is 19.1 Å². The summed E-state index contributed by atoms with van der Waals surface area (Å²) in [7, 11) is 1.51. The predicted octanol–water partition coefficient (Wildman–Crippen LogP) is 5.38. The lowest BCUT2D eigenvalue weighted by molar-refractivity contribution is -0.112. The minimum Gasteiger partial charge on any atom is -0.493 e. The monoisotopic (exact) mass is 398 g/mol. The number of rotatable bonds is 7. The van der Waals surface area contributed by atoms with Crippen molar-refractivity contribution in [2.24, 2.45) is 0 Å². The Morgan fingerprint density at radius 3 is 2.71 bits per heavy atom. The van der Waals surface area contributed by atoms with Gasteiger partial charge in [0, 0.05) is 5.69 Å². The number of aryl methyl sites for hydroxylation is 1. The van der Waals surface area contributed by atoms with Crippen LogP contribution in [0.1, 0.15) is 31.4 Å². The summed E-state index contributed by atoms with van der Waals surface area (Å²) in [4.78, 5) is 12.5. The third-order valence-electron chi connectivity index (χ3n) is 4.10. The third kappa shape index (κ3) is 5.51. The zero-order chi connectivity index (χ0) is 20.7. The Morgan fingerprint density at radius 1 is 1.36 bits per heavy atom. The van der Waals surface area contributed by atoms with Crippen molar-refractivity contribution in [3.8, 4) is 17.6 Å². The first-order chi connectivity index (χ1) is 13.4. The van der Waals surface area contributed by atoms with Crippen LogP contribution in [0.15, 0.2) is 42.0 Å². The van der Waals surface area contributed by atoms with E-state index in [4.69, 9.17) is 21.1 Å². The topological polar surface area (TPSA) is 71.3 Å². The van der Waals surface area contributed by atoms with Gasteiger partial charge in [0.05, 0.1) is 18.2 Å². The first-order valence-corrected chi connectivity index (χ1v) is 9.29. The van der Waals surface area contributed by atoms with E-state index in [-0.39, 0.29) is 11.7 Å². The summed E-state index contributed by atoms with van der Waals surface area (Å²) in [6, 6.07) is 12.6. The molecule has 1 amide bonds. The quantitative estimate of drug-likeness (QED) is 0.502. The summed E-state index contributed by atoms with van der Waals surface area (Å²) in [5.74, 6) is 0.386. The van der Waals surface area contributed by atoms with Gasteiger partial charge in [0.25, 0.3) is 5.91 Å². The standard InChI is InChI=1S/C22H23ClN2O3/c1-5-15(3)28-21-19(23)11-16(12-20(21)27-4)10-17(13-24)22(26)25-18-8-6-7-14(2)9-18/h6-12,15H,5H2,1-4H3,(H,25,26)/b17-10-. The molecule has 0 saturated heterocycles. The molecule has 0 aliphatic heterocycles. The fourth-order valence-electron chi connectivity index (χ4n) is 2.46. The number of halogens is 1. The van der Waals surface area contributed by atoms with E-state index in [1.807, 2.05) is 45.0 Å². The first kappa shape index (κ1) is 21.3. The molecule has 0 aromatic heterocycles. The van der Waals surface area contributed by atoms with Gasteiger partial charge >= 0.3 is 0 Å². The molecule has 0 bridgehead atoms. The van der Waals surface area contributed by atoms with Gasteiger partial charge in [-0.25, -0.2) is 0 Å². The lowest BCUT2D eigenvalue weighted by Gasteiger charge is -2.17. The number of carbonyl (C=O) groups is 1. The second kappa shape index (κ2) is 9.82. The molecule has 0 spiro atoms. The number of anilines is 1. The number of carbonyl (C=O) groups excluding carboxylic acids is 1. The van der Waals surface area contributed by atoms with E-state index in [0.717, 1.165) is 12.0 Å². The molecule has 28 heavy (non-hydrogen) atoms. The van der Waals surface area contributed by atoms with Crippen LogP contribution in [0.25, 0.3) is 6.08 Å². The van der Waals surface area contributed by atoms with Crippen molar-refractivity contribution in [1.29, 1.82) is 5.26 Å². The maximum Gasteiger partial charge on any atom is 0.266 e. The van der Waals surface area contributed by atoms with Crippen molar-refractivity contribution in [2.45, 2.75) is 33.3 Å². The number of benzene rings is 2. The second-order valence-corrected chi connectivity index (χ2v) is 6.77. The van der Waals surface area contributed by atoms with Crippen LogP contribution < -0.4 is 14.8 Å². The molecule has 6 heteroatoms. The summed E-state index contributed by atoms with van der Waals surface area (Å²) in [6.45, 7) is 5.87. The Balaban J connectivity index is 2.31. The second-order valence-electron chi connectivity index (χ2n) is 6.36. The van der Waals surface area contributed by atoms with Gasteiger partial charge < -0.3 is 14.8 Å². The average molecular weight is 399 g/mol. The van der Waals surface area contributed by atoms with Gasteiger partial charge in [-0.1, -0.05) is 30.7 Å². The van der Waals surface area contributed by atoms with Gasteiger partial charge in [-0.2, -0.15) is 5.26 Å². The summed E-state index contributed by atoms with van der Waals surface area (Å²) in [5.41, 5.74) is 2.15. The molecule has 0 aliphatic rings. The van der Waals surface area contributed by atoms with E-state index in [2.05, 4.69) is 5.32 Å². The average Bonchev–Trinajstić information content (AvgIpc) is 2.67. The number of nitriles is 1. The predicted molar refractivity (Wildman–Crippen MR) is 112 cm³/mol. The Labute approximate surface area is 170 Å². The molecule has 0 saturated carbocycles. The van der Waals surface area contributed by atoms with E-state index in [0.29, 0.717) is 27.8 Å². The molecular formula is C22H23ClN2O3. The van der Waals surface area contributed by atoms with Crippen LogP contribution in [0.3, 0.4) is 0 Å². The first-order valence-electron chi connectivity index (χ1n) is 8.92. The number of hydrogen-bond acceptors (Lipinski definition) is 4. The molecule has 0 heterocycles. The highest BCUT2D eigenvalue weighted by Crippen LogP contribution is 2.38. The number of nitrogens with one attached hydrogen (secondary N) is 1. The van der Waals surface area contributed by atoms with E-state index in [1.165, 1.54) is 13.2 Å². The molecule has 1 atom stereocenters. The van der Waals surface area contributed by atoms with Crippen molar-refractivity contribution >= 4 is 29.3 Å². The summed E-state index contributed by atoms with van der Waals surface area (Å²) < 4.78 is 11.2. The highest BCUT2D eigenvalue weighted by Gasteiger charge is 2.16. The van der Waals surface area contributed by atoms with Crippen LogP contribution in [-0.2, 0) is 4.79 Å². The van der Waals surface area contributed by atoms with Crippen molar-refractivity contribution < 1.29 is 14.3 Å². The lowest BCUT2D eigenvalue weighted by Crippen LogP contribution is -2.13. The summed E-state index contributed by atoms with van der Waals surface area (Å²) in [5, 5.41) is 12.5. The Morgan fingerprint density at radius 2 is 2.11 bits per heavy atom. The number of amides is 1. The van der Waals surface area contributed by atoms with Gasteiger partial charge in [-0.05, 0) is 61.7 Å². The van der Waals surface area contributed by atoms with Gasteiger partial charge in [0.15, 0.2) is 11.5 Å². The largest absolute Gasteiger partial charge is 0.493 e. The van der Waals surface area contributed by atoms with Crippen molar-refractivity contribution in [1.82, 2.24) is 0 Å². The van der Waals surface area contributed by atoms with Gasteiger partial charge in [0.2, 0.25) is 0 Å². The highest BCUT2D eigenvalue weighted by molar-refractivity contribution is 6.32.